The summed E-state index contributed by atoms with van der Waals surface area (Å²) in [5.41, 5.74) is 3.14. The first kappa shape index (κ1) is 15.4. The summed E-state index contributed by atoms with van der Waals surface area (Å²) in [6.45, 7) is 3.41. The minimum atomic E-state index is -0.238. The first-order valence-corrected chi connectivity index (χ1v) is 8.75. The van der Waals surface area contributed by atoms with Crippen LogP contribution in [0, 0.1) is 6.92 Å². The molecule has 0 atom stereocenters. The number of aliphatic hydroxyl groups excluding tert-OH is 1. The highest BCUT2D eigenvalue weighted by Crippen LogP contribution is 2.16. The molecule has 2 aromatic rings. The molecule has 5 nitrogen and oxygen atoms in total. The summed E-state index contributed by atoms with van der Waals surface area (Å²) < 4.78 is 2.03. The summed E-state index contributed by atoms with van der Waals surface area (Å²) in [6.07, 6.45) is 5.24. The van der Waals surface area contributed by atoms with Gasteiger partial charge in [0.25, 0.3) is 0 Å². The third-order valence-corrected chi connectivity index (χ3v) is 4.89. The second-order valence-corrected chi connectivity index (χ2v) is 6.79. The fourth-order valence-corrected chi connectivity index (χ4v) is 3.48. The fourth-order valence-electron chi connectivity index (χ4n) is 2.67. The van der Waals surface area contributed by atoms with Crippen LogP contribution in [0.4, 0.5) is 0 Å². The van der Waals surface area contributed by atoms with Gasteiger partial charge >= 0.3 is 0 Å². The summed E-state index contributed by atoms with van der Waals surface area (Å²) in [5, 5.41) is 9.47. The minimum absolute atomic E-state index is 0.163. The highest BCUT2D eigenvalue weighted by Gasteiger charge is 2.20. The number of rotatable bonds is 4. The van der Waals surface area contributed by atoms with E-state index in [1.807, 2.05) is 27.6 Å². The van der Waals surface area contributed by atoms with Crippen LogP contribution in [0.1, 0.15) is 24.1 Å². The molecule has 0 spiro atoms. The Labute approximate surface area is 134 Å². The van der Waals surface area contributed by atoms with Gasteiger partial charge in [-0.1, -0.05) is 6.07 Å². The molecule has 0 aliphatic carbocycles. The van der Waals surface area contributed by atoms with Gasteiger partial charge < -0.3 is 14.4 Å². The maximum absolute atomic E-state index is 12.1. The number of aryl methyl sites for hydroxylation is 1. The minimum Gasteiger partial charge on any atom is -0.393 e. The number of amides is 1. The number of carbonyl (C=O) groups excluding carboxylic acids is 1. The SMILES string of the molecule is Cc1ccc2nc(CSCC(=O)N3CCC(O)CC3)cn2c1. The number of pyridine rings is 1. The van der Waals surface area contributed by atoms with Crippen molar-refractivity contribution in [2.24, 2.45) is 0 Å². The first-order chi connectivity index (χ1) is 10.6. The molecule has 0 aromatic carbocycles. The van der Waals surface area contributed by atoms with Crippen LogP contribution in [0.3, 0.4) is 0 Å². The molecule has 1 aliphatic heterocycles. The molecule has 2 aromatic heterocycles. The zero-order valence-electron chi connectivity index (χ0n) is 12.7. The molecule has 22 heavy (non-hydrogen) atoms. The molecule has 1 N–H and O–H groups in total. The maximum atomic E-state index is 12.1. The molecule has 3 rings (SSSR count). The van der Waals surface area contributed by atoms with Crippen molar-refractivity contribution in [3.8, 4) is 0 Å². The van der Waals surface area contributed by atoms with Crippen LogP contribution >= 0.6 is 11.8 Å². The van der Waals surface area contributed by atoms with E-state index in [4.69, 9.17) is 0 Å². The molecule has 1 saturated heterocycles. The van der Waals surface area contributed by atoms with Crippen molar-refractivity contribution in [3.05, 3.63) is 35.8 Å². The predicted octanol–water partition coefficient (Wildman–Crippen LogP) is 1.86. The summed E-state index contributed by atoms with van der Waals surface area (Å²) in [6, 6.07) is 4.06. The Morgan fingerprint density at radius 2 is 2.14 bits per heavy atom. The van der Waals surface area contributed by atoms with Crippen molar-refractivity contribution in [2.75, 3.05) is 18.8 Å². The van der Waals surface area contributed by atoms with Crippen LogP contribution in [0.25, 0.3) is 5.65 Å². The van der Waals surface area contributed by atoms with Crippen LogP contribution in [0.5, 0.6) is 0 Å². The lowest BCUT2D eigenvalue weighted by Crippen LogP contribution is -2.40. The quantitative estimate of drug-likeness (QED) is 0.934. The lowest BCUT2D eigenvalue weighted by Gasteiger charge is -2.29. The Hall–Kier alpha value is -1.53. The predicted molar refractivity (Wildman–Crippen MR) is 87.9 cm³/mol. The second-order valence-electron chi connectivity index (χ2n) is 5.81. The lowest BCUT2D eigenvalue weighted by molar-refractivity contribution is -0.130. The average Bonchev–Trinajstić information content (AvgIpc) is 2.89. The van der Waals surface area contributed by atoms with Gasteiger partial charge in [0.2, 0.25) is 5.91 Å². The summed E-state index contributed by atoms with van der Waals surface area (Å²) in [5.74, 6) is 1.38. The number of piperidine rings is 1. The van der Waals surface area contributed by atoms with Crippen molar-refractivity contribution in [1.82, 2.24) is 14.3 Å². The Balaban J connectivity index is 1.50. The molecule has 3 heterocycles. The van der Waals surface area contributed by atoms with Crippen LogP contribution < -0.4 is 0 Å². The molecule has 1 aliphatic rings. The maximum Gasteiger partial charge on any atom is 0.232 e. The third-order valence-electron chi connectivity index (χ3n) is 3.94. The van der Waals surface area contributed by atoms with E-state index >= 15 is 0 Å². The van der Waals surface area contributed by atoms with Crippen molar-refractivity contribution in [3.63, 3.8) is 0 Å². The number of imidazole rings is 1. The molecule has 118 valence electrons. The van der Waals surface area contributed by atoms with Crippen LogP contribution in [-0.2, 0) is 10.5 Å². The molecule has 0 bridgehead atoms. The van der Waals surface area contributed by atoms with Gasteiger partial charge in [-0.15, -0.1) is 11.8 Å². The van der Waals surface area contributed by atoms with E-state index in [9.17, 15) is 9.90 Å². The van der Waals surface area contributed by atoms with Crippen LogP contribution in [0.2, 0.25) is 0 Å². The Kier molecular flexibility index (Phi) is 4.69. The van der Waals surface area contributed by atoms with Crippen LogP contribution in [0.15, 0.2) is 24.5 Å². The number of aromatic nitrogens is 2. The smallest absolute Gasteiger partial charge is 0.232 e. The van der Waals surface area contributed by atoms with Crippen molar-refractivity contribution >= 4 is 23.3 Å². The standard InChI is InChI=1S/C16H21N3O2S/c1-12-2-3-15-17-13(9-19(15)8-12)10-22-11-16(21)18-6-4-14(20)5-7-18/h2-3,8-9,14,20H,4-7,10-11H2,1H3. The van der Waals surface area contributed by atoms with Gasteiger partial charge in [0.05, 0.1) is 17.6 Å². The third kappa shape index (κ3) is 3.62. The second kappa shape index (κ2) is 6.71. The first-order valence-electron chi connectivity index (χ1n) is 7.59. The molecular weight excluding hydrogens is 298 g/mol. The van der Waals surface area contributed by atoms with Gasteiger partial charge in [-0.05, 0) is 31.4 Å². The largest absolute Gasteiger partial charge is 0.393 e. The van der Waals surface area contributed by atoms with Gasteiger partial charge in [0.1, 0.15) is 5.65 Å². The van der Waals surface area contributed by atoms with Gasteiger partial charge in [0.15, 0.2) is 0 Å². The van der Waals surface area contributed by atoms with E-state index in [1.54, 1.807) is 11.8 Å². The van der Waals surface area contributed by atoms with E-state index < -0.39 is 0 Å². The topological polar surface area (TPSA) is 57.8 Å². The molecule has 1 amide bonds. The van der Waals surface area contributed by atoms with Gasteiger partial charge in [-0.2, -0.15) is 0 Å². The zero-order valence-corrected chi connectivity index (χ0v) is 13.6. The number of hydrogen-bond acceptors (Lipinski definition) is 4. The highest BCUT2D eigenvalue weighted by molar-refractivity contribution is 7.99. The number of thioether (sulfide) groups is 1. The number of aliphatic hydroxyl groups is 1. The van der Waals surface area contributed by atoms with Gasteiger partial charge in [-0.25, -0.2) is 4.98 Å². The van der Waals surface area contributed by atoms with Gasteiger partial charge in [0, 0.05) is 31.2 Å². The summed E-state index contributed by atoms with van der Waals surface area (Å²) in [7, 11) is 0. The normalized spacial score (nSPS) is 16.4. The number of fused-ring (bicyclic) bond motifs is 1. The Morgan fingerprint density at radius 1 is 1.36 bits per heavy atom. The van der Waals surface area contributed by atoms with Crippen molar-refractivity contribution in [1.29, 1.82) is 0 Å². The van der Waals surface area contributed by atoms with E-state index in [1.165, 1.54) is 5.56 Å². The number of nitrogens with zero attached hydrogens (tertiary/aromatic N) is 3. The highest BCUT2D eigenvalue weighted by atomic mass is 32.2. The lowest BCUT2D eigenvalue weighted by atomic mass is 10.1. The van der Waals surface area contributed by atoms with E-state index in [0.717, 1.165) is 17.1 Å². The summed E-state index contributed by atoms with van der Waals surface area (Å²) in [4.78, 5) is 18.5. The number of hydrogen-bond donors (Lipinski definition) is 1. The van der Waals surface area contributed by atoms with E-state index in [2.05, 4.69) is 18.1 Å². The fraction of sp³-hybridized carbons (Fsp3) is 0.500. The Bertz CT molecular complexity index is 662. The molecule has 0 saturated carbocycles. The van der Waals surface area contributed by atoms with E-state index in [0.29, 0.717) is 31.7 Å². The molecule has 6 heteroatoms. The van der Waals surface area contributed by atoms with E-state index in [-0.39, 0.29) is 12.0 Å². The number of likely N-dealkylation sites (tertiary alicyclic amines) is 1. The monoisotopic (exact) mass is 319 g/mol. The zero-order chi connectivity index (χ0) is 15.5. The average molecular weight is 319 g/mol. The molecule has 0 unspecified atom stereocenters. The van der Waals surface area contributed by atoms with Gasteiger partial charge in [-0.3, -0.25) is 4.79 Å². The molecule has 0 radical (unpaired) electrons. The Morgan fingerprint density at radius 3 is 2.91 bits per heavy atom. The van der Waals surface area contributed by atoms with Crippen molar-refractivity contribution < 1.29 is 9.90 Å². The van der Waals surface area contributed by atoms with Crippen molar-refractivity contribution in [2.45, 2.75) is 31.6 Å². The van der Waals surface area contributed by atoms with Crippen LogP contribution in [-0.4, -0.2) is 50.2 Å². The molecule has 1 fully saturated rings. The summed E-state index contributed by atoms with van der Waals surface area (Å²) >= 11 is 1.60. The molecular formula is C16H21N3O2S. The number of carbonyl (C=O) groups is 1.